The van der Waals surface area contributed by atoms with Crippen molar-refractivity contribution in [1.29, 1.82) is 0 Å². The lowest BCUT2D eigenvalue weighted by molar-refractivity contribution is -0.139. The number of nitrogens with zero attached hydrogens (tertiary/aromatic N) is 2. The van der Waals surface area contributed by atoms with Crippen molar-refractivity contribution < 1.29 is 9.90 Å². The number of rotatable bonds is 6. The molecule has 2 aromatic rings. The summed E-state index contributed by atoms with van der Waals surface area (Å²) in [5.74, 6) is -0.838. The Labute approximate surface area is 118 Å². The molecule has 20 heavy (non-hydrogen) atoms. The second kappa shape index (κ2) is 6.34. The van der Waals surface area contributed by atoms with Gasteiger partial charge in [-0.2, -0.15) is 5.10 Å². The van der Waals surface area contributed by atoms with E-state index in [0.717, 1.165) is 16.7 Å². The maximum absolute atomic E-state index is 11.3. The molecule has 1 atom stereocenters. The summed E-state index contributed by atoms with van der Waals surface area (Å²) in [7, 11) is 1.84. The largest absolute Gasteiger partial charge is 0.480 e. The SMILES string of the molecule is Cc1cccc(CC(NCc2cnn(C)c2)C(=O)O)c1. The van der Waals surface area contributed by atoms with Gasteiger partial charge in [0, 0.05) is 25.4 Å². The van der Waals surface area contributed by atoms with E-state index < -0.39 is 12.0 Å². The highest BCUT2D eigenvalue weighted by atomic mass is 16.4. The monoisotopic (exact) mass is 273 g/mol. The summed E-state index contributed by atoms with van der Waals surface area (Å²) in [4.78, 5) is 11.3. The molecule has 0 aliphatic rings. The van der Waals surface area contributed by atoms with E-state index in [1.54, 1.807) is 10.9 Å². The molecule has 0 saturated heterocycles. The number of aryl methyl sites for hydroxylation is 2. The van der Waals surface area contributed by atoms with Crippen molar-refractivity contribution in [3.8, 4) is 0 Å². The van der Waals surface area contributed by atoms with Crippen LogP contribution in [0.3, 0.4) is 0 Å². The van der Waals surface area contributed by atoms with Crippen LogP contribution in [0, 0.1) is 6.92 Å². The van der Waals surface area contributed by atoms with Crippen LogP contribution in [-0.4, -0.2) is 26.9 Å². The average molecular weight is 273 g/mol. The zero-order chi connectivity index (χ0) is 14.5. The van der Waals surface area contributed by atoms with E-state index >= 15 is 0 Å². The van der Waals surface area contributed by atoms with Crippen molar-refractivity contribution in [2.75, 3.05) is 0 Å². The van der Waals surface area contributed by atoms with E-state index in [-0.39, 0.29) is 0 Å². The molecule has 1 aromatic heterocycles. The Balaban J connectivity index is 1.98. The molecule has 2 rings (SSSR count). The molecule has 1 unspecified atom stereocenters. The number of carbonyl (C=O) groups is 1. The molecule has 1 heterocycles. The number of benzene rings is 1. The van der Waals surface area contributed by atoms with Crippen molar-refractivity contribution >= 4 is 5.97 Å². The highest BCUT2D eigenvalue weighted by molar-refractivity contribution is 5.73. The van der Waals surface area contributed by atoms with Gasteiger partial charge in [-0.25, -0.2) is 0 Å². The third-order valence-corrected chi connectivity index (χ3v) is 3.13. The third-order valence-electron chi connectivity index (χ3n) is 3.13. The highest BCUT2D eigenvalue weighted by Crippen LogP contribution is 2.08. The molecular formula is C15H19N3O2. The lowest BCUT2D eigenvalue weighted by Gasteiger charge is -2.14. The standard InChI is InChI=1S/C15H19N3O2/c1-11-4-3-5-12(6-11)7-14(15(19)20)16-8-13-9-17-18(2)10-13/h3-6,9-10,14,16H,7-8H2,1-2H3,(H,19,20). The maximum Gasteiger partial charge on any atom is 0.321 e. The number of nitrogens with one attached hydrogen (secondary N) is 1. The smallest absolute Gasteiger partial charge is 0.321 e. The summed E-state index contributed by atoms with van der Waals surface area (Å²) in [6.07, 6.45) is 4.08. The number of carboxylic acids is 1. The maximum atomic E-state index is 11.3. The summed E-state index contributed by atoms with van der Waals surface area (Å²) in [5, 5.41) is 16.4. The normalized spacial score (nSPS) is 12.3. The number of carboxylic acid groups (broad SMARTS) is 1. The number of aliphatic carboxylic acids is 1. The molecule has 0 bridgehead atoms. The van der Waals surface area contributed by atoms with Gasteiger partial charge in [-0.05, 0) is 18.9 Å². The summed E-state index contributed by atoms with van der Waals surface area (Å²) in [5.41, 5.74) is 3.14. The van der Waals surface area contributed by atoms with Gasteiger partial charge in [0.25, 0.3) is 0 Å². The topological polar surface area (TPSA) is 67.2 Å². The highest BCUT2D eigenvalue weighted by Gasteiger charge is 2.17. The van der Waals surface area contributed by atoms with Gasteiger partial charge in [-0.15, -0.1) is 0 Å². The van der Waals surface area contributed by atoms with Crippen LogP contribution in [0.4, 0.5) is 0 Å². The number of hydrogen-bond donors (Lipinski definition) is 2. The molecule has 1 aromatic carbocycles. The predicted octanol–water partition coefficient (Wildman–Crippen LogP) is 1.51. The number of aromatic nitrogens is 2. The van der Waals surface area contributed by atoms with Crippen molar-refractivity contribution in [3.63, 3.8) is 0 Å². The molecule has 106 valence electrons. The first-order valence-electron chi connectivity index (χ1n) is 6.54. The molecule has 0 aliphatic carbocycles. The first kappa shape index (κ1) is 14.3. The van der Waals surface area contributed by atoms with Gasteiger partial charge >= 0.3 is 5.97 Å². The van der Waals surface area contributed by atoms with Gasteiger partial charge in [0.05, 0.1) is 6.20 Å². The van der Waals surface area contributed by atoms with E-state index in [0.29, 0.717) is 13.0 Å². The first-order chi connectivity index (χ1) is 9.54. The van der Waals surface area contributed by atoms with Crippen molar-refractivity contribution in [1.82, 2.24) is 15.1 Å². The Hall–Kier alpha value is -2.14. The Morgan fingerprint density at radius 1 is 1.45 bits per heavy atom. The molecule has 5 heteroatoms. The van der Waals surface area contributed by atoms with E-state index in [9.17, 15) is 9.90 Å². The summed E-state index contributed by atoms with van der Waals surface area (Å²) < 4.78 is 1.70. The summed E-state index contributed by atoms with van der Waals surface area (Å²) in [6, 6.07) is 7.32. The third kappa shape index (κ3) is 3.93. The van der Waals surface area contributed by atoms with Crippen LogP contribution >= 0.6 is 0 Å². The van der Waals surface area contributed by atoms with E-state index in [1.807, 2.05) is 44.4 Å². The minimum Gasteiger partial charge on any atom is -0.480 e. The molecule has 0 radical (unpaired) electrons. The molecular weight excluding hydrogens is 254 g/mol. The minimum absolute atomic E-state index is 0.470. The fraction of sp³-hybridized carbons (Fsp3) is 0.333. The first-order valence-corrected chi connectivity index (χ1v) is 6.54. The molecule has 0 amide bonds. The quantitative estimate of drug-likeness (QED) is 0.837. The van der Waals surface area contributed by atoms with E-state index in [4.69, 9.17) is 0 Å². The van der Waals surface area contributed by atoms with Gasteiger partial charge in [0.2, 0.25) is 0 Å². The fourth-order valence-corrected chi connectivity index (χ4v) is 2.13. The van der Waals surface area contributed by atoms with Gasteiger partial charge in [-0.1, -0.05) is 29.8 Å². The predicted molar refractivity (Wildman–Crippen MR) is 76.4 cm³/mol. The zero-order valence-corrected chi connectivity index (χ0v) is 11.7. The fourth-order valence-electron chi connectivity index (χ4n) is 2.13. The van der Waals surface area contributed by atoms with Crippen molar-refractivity contribution in [2.45, 2.75) is 25.9 Å². The molecule has 0 spiro atoms. The lowest BCUT2D eigenvalue weighted by Crippen LogP contribution is -2.38. The van der Waals surface area contributed by atoms with Gasteiger partial charge in [-0.3, -0.25) is 14.8 Å². The van der Waals surface area contributed by atoms with E-state index in [1.165, 1.54) is 0 Å². The Morgan fingerprint density at radius 3 is 2.85 bits per heavy atom. The Kier molecular flexibility index (Phi) is 4.53. The Morgan fingerprint density at radius 2 is 2.25 bits per heavy atom. The van der Waals surface area contributed by atoms with Crippen LogP contribution in [0.2, 0.25) is 0 Å². The summed E-state index contributed by atoms with van der Waals surface area (Å²) in [6.45, 7) is 2.50. The van der Waals surface area contributed by atoms with Crippen LogP contribution in [0.5, 0.6) is 0 Å². The van der Waals surface area contributed by atoms with Crippen LogP contribution in [0.1, 0.15) is 16.7 Å². The average Bonchev–Trinajstić information content (AvgIpc) is 2.80. The Bertz CT molecular complexity index is 592. The van der Waals surface area contributed by atoms with Crippen molar-refractivity contribution in [2.24, 2.45) is 7.05 Å². The van der Waals surface area contributed by atoms with E-state index in [2.05, 4.69) is 10.4 Å². The lowest BCUT2D eigenvalue weighted by atomic mass is 10.0. The van der Waals surface area contributed by atoms with Crippen LogP contribution < -0.4 is 5.32 Å². The molecule has 0 fully saturated rings. The zero-order valence-electron chi connectivity index (χ0n) is 11.7. The van der Waals surface area contributed by atoms with Crippen LogP contribution in [0.15, 0.2) is 36.7 Å². The summed E-state index contributed by atoms with van der Waals surface area (Å²) >= 11 is 0. The molecule has 2 N–H and O–H groups in total. The number of hydrogen-bond acceptors (Lipinski definition) is 3. The molecule has 0 saturated carbocycles. The van der Waals surface area contributed by atoms with Crippen LogP contribution in [0.25, 0.3) is 0 Å². The molecule has 0 aliphatic heterocycles. The van der Waals surface area contributed by atoms with Crippen molar-refractivity contribution in [3.05, 3.63) is 53.3 Å². The minimum atomic E-state index is -0.838. The van der Waals surface area contributed by atoms with Gasteiger partial charge in [0.1, 0.15) is 6.04 Å². The van der Waals surface area contributed by atoms with Crippen LogP contribution in [-0.2, 0) is 24.8 Å². The van der Waals surface area contributed by atoms with Gasteiger partial charge in [0.15, 0.2) is 0 Å². The molecule has 5 nitrogen and oxygen atoms in total. The second-order valence-electron chi connectivity index (χ2n) is 4.99. The second-order valence-corrected chi connectivity index (χ2v) is 4.99. The van der Waals surface area contributed by atoms with Gasteiger partial charge < -0.3 is 5.11 Å².